The van der Waals surface area contributed by atoms with Gasteiger partial charge in [-0.2, -0.15) is 9.59 Å². The highest BCUT2D eigenvalue weighted by Gasteiger charge is 2.73. The number of carbonyl (C=O) groups is 8. The molecule has 0 aromatic heterocycles. The molecule has 1 aromatic carbocycles. The van der Waals surface area contributed by atoms with Gasteiger partial charge in [0.05, 0.1) is 49.3 Å². The molecule has 2 saturated carbocycles. The zero-order valence-corrected chi connectivity index (χ0v) is 69.8. The van der Waals surface area contributed by atoms with Crippen LogP contribution < -0.4 is 5.32 Å². The lowest BCUT2D eigenvalue weighted by Crippen LogP contribution is -2.75. The second-order valence-electron chi connectivity index (χ2n) is 32.0. The van der Waals surface area contributed by atoms with Gasteiger partial charge in [0.1, 0.15) is 49.8 Å². The van der Waals surface area contributed by atoms with Crippen LogP contribution >= 0.6 is 0 Å². The van der Waals surface area contributed by atoms with Crippen molar-refractivity contribution in [2.45, 2.75) is 329 Å². The van der Waals surface area contributed by atoms with Gasteiger partial charge in [0.25, 0.3) is 0 Å². The summed E-state index contributed by atoms with van der Waals surface area (Å²) < 4.78 is 55.5. The lowest BCUT2D eigenvalue weighted by Gasteiger charge is -2.68. The molecule has 1 saturated heterocycles. The van der Waals surface area contributed by atoms with E-state index >= 15 is 4.79 Å². The number of alkyl carbamates (subject to hydrolysis) is 1. The van der Waals surface area contributed by atoms with Crippen molar-refractivity contribution in [2.24, 2.45) is 28.1 Å². The molecule has 4 aliphatic rings. The fraction of sp³-hybridized carbons (Fsp3) is 0.716. The fourth-order valence-electron chi connectivity index (χ4n) is 15.6. The molecule has 13 atom stereocenters. The van der Waals surface area contributed by atoms with E-state index in [0.717, 1.165) is 89.9 Å². The van der Waals surface area contributed by atoms with Gasteiger partial charge in [0.15, 0.2) is 11.9 Å². The van der Waals surface area contributed by atoms with E-state index in [-0.39, 0.29) is 74.9 Å². The van der Waals surface area contributed by atoms with Crippen molar-refractivity contribution in [3.63, 3.8) is 0 Å². The Balaban J connectivity index is 0.00000196. The first-order chi connectivity index (χ1) is 53.3. The smallest absolute Gasteiger partial charge is 0.408 e. The van der Waals surface area contributed by atoms with E-state index in [1.807, 2.05) is 13.8 Å². The average Bonchev–Trinajstić information content (AvgIpc) is 0.675. The molecule has 0 radical (unpaired) electrons. The van der Waals surface area contributed by atoms with Crippen molar-refractivity contribution in [3.05, 3.63) is 95.6 Å². The van der Waals surface area contributed by atoms with Crippen molar-refractivity contribution in [1.82, 2.24) is 5.32 Å². The van der Waals surface area contributed by atoms with E-state index in [4.69, 9.17) is 57.0 Å². The summed E-state index contributed by atoms with van der Waals surface area (Å²) >= 11 is 0. The Bertz CT molecular complexity index is 3200. The van der Waals surface area contributed by atoms with Gasteiger partial charge in [-0.1, -0.05) is 192 Å². The highest BCUT2D eigenvalue weighted by atomic mass is 16.6. The number of unbranched alkanes of at least 4 members (excludes halogenated alkanes) is 16. The second kappa shape index (κ2) is 52.3. The van der Waals surface area contributed by atoms with Crippen LogP contribution in [0, 0.1) is 28.1 Å². The van der Waals surface area contributed by atoms with Crippen LogP contribution in [0.3, 0.4) is 0 Å². The molecule has 24 nitrogen and oxygen atoms in total. The van der Waals surface area contributed by atoms with Crippen molar-refractivity contribution in [2.75, 3.05) is 47.3 Å². The summed E-state index contributed by atoms with van der Waals surface area (Å²) in [5.74, 6) is -6.48. The maximum absolute atomic E-state index is 15.2. The van der Waals surface area contributed by atoms with E-state index in [0.29, 0.717) is 31.4 Å². The number of fused-ring (bicyclic) bond motifs is 5. The summed E-state index contributed by atoms with van der Waals surface area (Å²) in [4.78, 5) is 125. The first kappa shape index (κ1) is 99.0. The molecule has 112 heavy (non-hydrogen) atoms. The molecule has 3 fully saturated rings. The van der Waals surface area contributed by atoms with Crippen molar-refractivity contribution < 1.29 is 111 Å². The third kappa shape index (κ3) is 32.6. The Labute approximate surface area is 667 Å². The minimum absolute atomic E-state index is 0.106. The predicted molar refractivity (Wildman–Crippen MR) is 423 cm³/mol. The molecule has 1 amide bonds. The predicted octanol–water partition coefficient (Wildman–Crippen LogP) is 15.3. The summed E-state index contributed by atoms with van der Waals surface area (Å²) in [5.41, 5.74) is -5.59. The molecule has 632 valence electrons. The molecule has 5 rings (SSSR count). The molecule has 4 N–H and O–H groups in total. The number of aliphatic hydroxyl groups excluding tert-OH is 2. The van der Waals surface area contributed by atoms with Gasteiger partial charge in [-0.3, -0.25) is 28.8 Å². The highest BCUT2D eigenvalue weighted by Crippen LogP contribution is 2.67. The SMILES string of the molecule is CCC(=O)OCC(COC)OC.CCCCC/C=C\C/C=C\CCCCCCCC(=O)OCC(COC(=O)CCC(=O)O[C@@H](C(=O)O[C@H]1C[C@@]2(O)[C@@H](C)[C@@H]3[C@]4(C)CO[C@@H]4C[C@H](O)[C@@]3(C)C(=O)[C@H](O)C(=C1C)C2(C)C)[C@@H](NC(=O)OC(C)(C)C)c1ccccc1)OC(=O)CCCCCCC/C=C\C/C=C\CCCCC.O=C=O. The van der Waals surface area contributed by atoms with Gasteiger partial charge in [-0.25, -0.2) is 9.59 Å². The Morgan fingerprint density at radius 3 is 1.60 bits per heavy atom. The number of ketones is 1. The number of rotatable bonds is 48. The van der Waals surface area contributed by atoms with Crippen molar-refractivity contribution in [3.8, 4) is 0 Å². The number of methoxy groups -OCH3 is 2. The molecular weight excluding hydrogens is 1440 g/mol. The normalized spacial score (nSPS) is 23.5. The lowest BCUT2D eigenvalue weighted by atomic mass is 9.40. The zero-order chi connectivity index (χ0) is 83.3. The van der Waals surface area contributed by atoms with Crippen molar-refractivity contribution >= 4 is 53.8 Å². The van der Waals surface area contributed by atoms with Crippen LogP contribution in [-0.4, -0.2) is 170 Å². The number of benzene rings is 1. The fourth-order valence-corrected chi connectivity index (χ4v) is 15.6. The van der Waals surface area contributed by atoms with Crippen LogP contribution in [0.1, 0.15) is 281 Å². The van der Waals surface area contributed by atoms with E-state index in [1.54, 1.807) is 99.9 Å². The summed E-state index contributed by atoms with van der Waals surface area (Å²) in [6.45, 7) is 21.7. The van der Waals surface area contributed by atoms with Crippen LogP contribution in [0.25, 0.3) is 0 Å². The number of hydrogen-bond acceptors (Lipinski definition) is 23. The van der Waals surface area contributed by atoms with Crippen LogP contribution in [0.5, 0.6) is 0 Å². The molecule has 1 aliphatic heterocycles. The number of amides is 1. The Morgan fingerprint density at radius 2 is 1.11 bits per heavy atom. The first-order valence-electron chi connectivity index (χ1n) is 41.0. The molecule has 2 unspecified atom stereocenters. The number of hydrogen-bond donors (Lipinski definition) is 4. The number of allylic oxidation sites excluding steroid dienone is 8. The van der Waals surface area contributed by atoms with Gasteiger partial charge in [-0.15, -0.1) is 0 Å². The molecule has 24 heteroatoms. The summed E-state index contributed by atoms with van der Waals surface area (Å²) in [7, 11) is 3.14. The van der Waals surface area contributed by atoms with Gasteiger partial charge >= 0.3 is 48.1 Å². The summed E-state index contributed by atoms with van der Waals surface area (Å²) in [5, 5.41) is 40.2. The van der Waals surface area contributed by atoms with E-state index < -0.39 is 143 Å². The maximum atomic E-state index is 15.2. The molecular formula is C88H137NO23. The number of nitrogens with one attached hydrogen (secondary N) is 1. The monoisotopic (exact) mass is 1580 g/mol. The first-order valence-corrected chi connectivity index (χ1v) is 41.0. The minimum atomic E-state index is -1.97. The van der Waals surface area contributed by atoms with Gasteiger partial charge in [-0.05, 0) is 140 Å². The van der Waals surface area contributed by atoms with Crippen LogP contribution in [0.4, 0.5) is 4.79 Å². The second-order valence-corrected chi connectivity index (χ2v) is 32.0. The number of aliphatic hydroxyl groups is 3. The molecule has 3 aliphatic carbocycles. The number of ether oxygens (including phenoxy) is 10. The third-order valence-electron chi connectivity index (χ3n) is 21.9. The Kier molecular flexibility index (Phi) is 46.3. The lowest BCUT2D eigenvalue weighted by molar-refractivity contribution is -0.302. The molecule has 2 bridgehead atoms. The van der Waals surface area contributed by atoms with E-state index in [2.05, 4.69) is 67.8 Å². The topological polar surface area (TPSA) is 336 Å². The standard InChI is InChI=1S/C79H121NO17.C8H16O4.CO2/c1-12-14-16-18-20-22-24-26-28-30-32-34-36-38-43-47-63(82)91-53-59(94-65(84)48-44-39-37-35-33-31-29-27-25-23-21-19-17-15-13-2)54-92-64(83)49-50-66(85)96-70(68(58-45-41-40-42-46-58)80-74(89)97-75(5,6)7)73(88)95-60-52-79(90)57(4)71-77(10)55-93-62(77)51-61(81)78(71,11)72(87)69(86)67(56(60)3)76(79,8)9;1-4-8(9)12-6-7(11-3)5-10-2;2-1-3/h20-23,26-29,40-42,45-46,57,59-62,68-71,81,86,90H,12-19,24-25,30-39,43-44,47-55H2,1-11H3,(H,80,89);7H,4-6H2,1-3H3;/b22-20-,23-21-,28-26-,29-27-;;/t57-,59?,60-,61-,62+,68-,69+,70+,71+,77+,78+,79+;;/m0../s1. The maximum Gasteiger partial charge on any atom is 0.408 e. The van der Waals surface area contributed by atoms with Crippen LogP contribution in [0.15, 0.2) is 90.1 Å². The van der Waals surface area contributed by atoms with Crippen LogP contribution in [0.2, 0.25) is 0 Å². The largest absolute Gasteiger partial charge is 0.463 e. The summed E-state index contributed by atoms with van der Waals surface area (Å²) in [6.07, 6.45) is 30.9. The van der Waals surface area contributed by atoms with Gasteiger partial charge < -0.3 is 68.0 Å². The summed E-state index contributed by atoms with van der Waals surface area (Å²) in [6, 6.07) is 6.73. The van der Waals surface area contributed by atoms with E-state index in [9.17, 15) is 48.9 Å². The Hall–Kier alpha value is -7.18. The van der Waals surface area contributed by atoms with E-state index in [1.165, 1.54) is 38.5 Å². The minimum Gasteiger partial charge on any atom is -0.463 e. The molecule has 1 aromatic rings. The number of esters is 6. The van der Waals surface area contributed by atoms with Gasteiger partial charge in [0.2, 0.25) is 6.10 Å². The average molecular weight is 1580 g/mol. The Morgan fingerprint density at radius 1 is 0.634 bits per heavy atom. The highest BCUT2D eigenvalue weighted by molar-refractivity contribution is 5.93. The quantitative estimate of drug-likeness (QED) is 0.0204. The molecule has 1 heterocycles. The third-order valence-corrected chi connectivity index (χ3v) is 21.9. The molecule has 0 spiro atoms. The number of Topliss-reactive ketones (excluding diaryl/α,β-unsaturated/α-hetero) is 1. The van der Waals surface area contributed by atoms with Crippen molar-refractivity contribution in [1.29, 1.82) is 0 Å². The number of carbonyl (C=O) groups excluding carboxylic acids is 10. The zero-order valence-electron chi connectivity index (χ0n) is 69.8. The van der Waals surface area contributed by atoms with Gasteiger partial charge in [0, 0.05) is 57.2 Å². The van der Waals surface area contributed by atoms with Crippen LogP contribution in [-0.2, 0) is 90.5 Å².